The number of H-pyrrole nitrogens is 1. The molecule has 0 bridgehead atoms. The summed E-state index contributed by atoms with van der Waals surface area (Å²) in [5.41, 5.74) is 3.85. The molecule has 2 heterocycles. The molecule has 1 amide bonds. The lowest BCUT2D eigenvalue weighted by molar-refractivity contribution is -0.137. The van der Waals surface area contributed by atoms with Crippen molar-refractivity contribution in [2.24, 2.45) is 5.73 Å². The number of nitrogens with one attached hydrogen (secondary N) is 1. The molecule has 8 nitrogen and oxygen atoms in total. The smallest absolute Gasteiger partial charge is 0.416 e. The van der Waals surface area contributed by atoms with Gasteiger partial charge in [0.05, 0.1) is 18.4 Å². The van der Waals surface area contributed by atoms with E-state index in [4.69, 9.17) is 10.5 Å². The zero-order chi connectivity index (χ0) is 22.3. The molecule has 0 aliphatic rings. The summed E-state index contributed by atoms with van der Waals surface area (Å²) >= 11 is 0. The molecule has 0 radical (unpaired) electrons. The summed E-state index contributed by atoms with van der Waals surface area (Å²) < 4.78 is 45.7. The van der Waals surface area contributed by atoms with Crippen LogP contribution in [0.25, 0.3) is 28.2 Å². The fraction of sp³-hybridized carbons (Fsp3) is 0.100. The standard InChI is InChI=1S/C20H14F3N5O3/c1-31-13-7-3-6-12(9-13)28-18-15(26-19(28)30)14(16(24)29)25-17(27-18)10-4-2-5-11(8-10)20(21,22)23/h2-9H,1H3,(H2,24,29)(H,26,30). The molecule has 0 saturated carbocycles. The van der Waals surface area contributed by atoms with E-state index >= 15 is 0 Å². The van der Waals surface area contributed by atoms with E-state index < -0.39 is 23.3 Å². The number of amides is 1. The van der Waals surface area contributed by atoms with E-state index in [2.05, 4.69) is 15.0 Å². The van der Waals surface area contributed by atoms with E-state index in [0.29, 0.717) is 11.4 Å². The molecule has 2 aromatic heterocycles. The van der Waals surface area contributed by atoms with Crippen molar-refractivity contribution >= 4 is 17.1 Å². The van der Waals surface area contributed by atoms with Gasteiger partial charge in [0.15, 0.2) is 17.2 Å². The number of fused-ring (bicyclic) bond motifs is 1. The number of aromatic amines is 1. The number of rotatable bonds is 4. The summed E-state index contributed by atoms with van der Waals surface area (Å²) in [6, 6.07) is 10.8. The van der Waals surface area contributed by atoms with Crippen LogP contribution in [0.15, 0.2) is 53.3 Å². The summed E-state index contributed by atoms with van der Waals surface area (Å²) in [4.78, 5) is 35.4. The lowest BCUT2D eigenvalue weighted by atomic mass is 10.1. The maximum absolute atomic E-state index is 13.1. The van der Waals surface area contributed by atoms with Crippen molar-refractivity contribution in [3.05, 3.63) is 70.3 Å². The molecule has 2 aromatic carbocycles. The third-order valence-electron chi connectivity index (χ3n) is 4.53. The number of carbonyl (C=O) groups excluding carboxylic acids is 1. The van der Waals surface area contributed by atoms with Crippen molar-refractivity contribution in [1.82, 2.24) is 19.5 Å². The van der Waals surface area contributed by atoms with Gasteiger partial charge < -0.3 is 15.5 Å². The van der Waals surface area contributed by atoms with Gasteiger partial charge in [-0.2, -0.15) is 13.2 Å². The van der Waals surface area contributed by atoms with Crippen LogP contribution in [-0.4, -0.2) is 32.5 Å². The second-order valence-corrected chi connectivity index (χ2v) is 6.50. The Hall–Kier alpha value is -4.15. The van der Waals surface area contributed by atoms with E-state index in [9.17, 15) is 22.8 Å². The molecule has 3 N–H and O–H groups in total. The third kappa shape index (κ3) is 3.61. The fourth-order valence-corrected chi connectivity index (χ4v) is 3.12. The Kier molecular flexibility index (Phi) is 4.72. The van der Waals surface area contributed by atoms with Crippen LogP contribution in [0.2, 0.25) is 0 Å². The molecule has 0 fully saturated rings. The fourth-order valence-electron chi connectivity index (χ4n) is 3.12. The van der Waals surface area contributed by atoms with Gasteiger partial charge in [0.1, 0.15) is 11.3 Å². The monoisotopic (exact) mass is 429 g/mol. The minimum atomic E-state index is -4.58. The number of hydrogen-bond donors (Lipinski definition) is 2. The Bertz CT molecular complexity index is 1370. The van der Waals surface area contributed by atoms with Crippen molar-refractivity contribution in [2.75, 3.05) is 7.11 Å². The number of primary amides is 1. The first kappa shape index (κ1) is 20.1. The SMILES string of the molecule is COc1cccc(-n2c(=O)[nH]c3c(C(N)=O)nc(-c4cccc(C(F)(F)F)c4)nc32)c1. The summed E-state index contributed by atoms with van der Waals surface area (Å²) in [5, 5.41) is 0. The minimum Gasteiger partial charge on any atom is -0.497 e. The van der Waals surface area contributed by atoms with Crippen molar-refractivity contribution in [2.45, 2.75) is 6.18 Å². The van der Waals surface area contributed by atoms with E-state index in [1.165, 1.54) is 19.2 Å². The van der Waals surface area contributed by atoms with E-state index in [0.717, 1.165) is 16.7 Å². The average molecular weight is 429 g/mol. The molecule has 11 heteroatoms. The van der Waals surface area contributed by atoms with E-state index in [1.807, 2.05) is 0 Å². The molecule has 0 spiro atoms. The summed E-state index contributed by atoms with van der Waals surface area (Å²) in [6.45, 7) is 0. The number of imidazole rings is 1. The van der Waals surface area contributed by atoms with Crippen LogP contribution in [0.1, 0.15) is 16.1 Å². The number of nitrogens with zero attached hydrogens (tertiary/aromatic N) is 3. The number of benzene rings is 2. The minimum absolute atomic E-state index is 0.00469. The Morgan fingerprint density at radius 2 is 1.87 bits per heavy atom. The van der Waals surface area contributed by atoms with Gasteiger partial charge in [0.25, 0.3) is 5.91 Å². The molecule has 0 saturated heterocycles. The predicted molar refractivity (Wildman–Crippen MR) is 105 cm³/mol. The Morgan fingerprint density at radius 3 is 2.55 bits per heavy atom. The third-order valence-corrected chi connectivity index (χ3v) is 4.53. The van der Waals surface area contributed by atoms with Crippen molar-refractivity contribution < 1.29 is 22.7 Å². The highest BCUT2D eigenvalue weighted by atomic mass is 19.4. The van der Waals surface area contributed by atoms with Crippen LogP contribution < -0.4 is 16.2 Å². The lowest BCUT2D eigenvalue weighted by Gasteiger charge is -2.10. The molecular formula is C20H14F3N5O3. The van der Waals surface area contributed by atoms with Crippen molar-refractivity contribution in [1.29, 1.82) is 0 Å². The zero-order valence-electron chi connectivity index (χ0n) is 15.9. The highest BCUT2D eigenvalue weighted by Crippen LogP contribution is 2.32. The first-order chi connectivity index (χ1) is 14.7. The van der Waals surface area contributed by atoms with Crippen LogP contribution in [-0.2, 0) is 6.18 Å². The van der Waals surface area contributed by atoms with Crippen LogP contribution in [0.3, 0.4) is 0 Å². The maximum atomic E-state index is 13.1. The number of ether oxygens (including phenoxy) is 1. The Balaban J connectivity index is 2.01. The van der Waals surface area contributed by atoms with Gasteiger partial charge in [0.2, 0.25) is 0 Å². The molecule has 0 aliphatic heterocycles. The Morgan fingerprint density at radius 1 is 1.13 bits per heavy atom. The van der Waals surface area contributed by atoms with Crippen LogP contribution in [0.4, 0.5) is 13.2 Å². The number of aromatic nitrogens is 4. The molecule has 31 heavy (non-hydrogen) atoms. The summed E-state index contributed by atoms with van der Waals surface area (Å²) in [5.74, 6) is -0.705. The van der Waals surface area contributed by atoms with Gasteiger partial charge in [-0.05, 0) is 24.3 Å². The van der Waals surface area contributed by atoms with E-state index in [-0.39, 0.29) is 28.2 Å². The highest BCUT2D eigenvalue weighted by molar-refractivity contribution is 6.02. The van der Waals surface area contributed by atoms with Crippen molar-refractivity contribution in [3.8, 4) is 22.8 Å². The molecule has 0 atom stereocenters. The number of carbonyl (C=O) groups is 1. The van der Waals surface area contributed by atoms with Crippen molar-refractivity contribution in [3.63, 3.8) is 0 Å². The van der Waals surface area contributed by atoms with Gasteiger partial charge in [-0.1, -0.05) is 18.2 Å². The molecule has 0 aliphatic carbocycles. The number of nitrogens with two attached hydrogens (primary N) is 1. The van der Waals surface area contributed by atoms with Gasteiger partial charge in [0, 0.05) is 11.6 Å². The van der Waals surface area contributed by atoms with Gasteiger partial charge in [-0.3, -0.25) is 4.79 Å². The molecular weight excluding hydrogens is 415 g/mol. The summed E-state index contributed by atoms with van der Waals surface area (Å²) in [7, 11) is 1.45. The van der Waals surface area contributed by atoms with Crippen LogP contribution >= 0.6 is 0 Å². The lowest BCUT2D eigenvalue weighted by Crippen LogP contribution is -2.15. The maximum Gasteiger partial charge on any atom is 0.416 e. The largest absolute Gasteiger partial charge is 0.497 e. The summed E-state index contributed by atoms with van der Waals surface area (Å²) in [6.07, 6.45) is -4.58. The second-order valence-electron chi connectivity index (χ2n) is 6.50. The Labute approximate surface area is 172 Å². The van der Waals surface area contributed by atoms with E-state index in [1.54, 1.807) is 24.3 Å². The second kappa shape index (κ2) is 7.27. The van der Waals surface area contributed by atoms with Gasteiger partial charge in [-0.15, -0.1) is 0 Å². The quantitative estimate of drug-likeness (QED) is 0.518. The predicted octanol–water partition coefficient (Wildman–Crippen LogP) is 2.90. The van der Waals surface area contributed by atoms with Gasteiger partial charge >= 0.3 is 11.9 Å². The number of alkyl halides is 3. The molecule has 4 rings (SSSR count). The topological polar surface area (TPSA) is 116 Å². The number of halogens is 3. The highest BCUT2D eigenvalue weighted by Gasteiger charge is 2.31. The molecule has 158 valence electrons. The number of hydrogen-bond acceptors (Lipinski definition) is 5. The first-order valence-corrected chi connectivity index (χ1v) is 8.83. The number of methoxy groups -OCH3 is 1. The zero-order valence-corrected chi connectivity index (χ0v) is 15.9. The van der Waals surface area contributed by atoms with Crippen LogP contribution in [0.5, 0.6) is 5.75 Å². The molecule has 4 aromatic rings. The normalized spacial score (nSPS) is 11.6. The first-order valence-electron chi connectivity index (χ1n) is 8.83. The van der Waals surface area contributed by atoms with Gasteiger partial charge in [-0.25, -0.2) is 19.3 Å². The van der Waals surface area contributed by atoms with Crippen LogP contribution in [0, 0.1) is 0 Å². The average Bonchev–Trinajstić information content (AvgIpc) is 3.08. The molecule has 0 unspecified atom stereocenters.